The Labute approximate surface area is 177 Å². The van der Waals surface area contributed by atoms with Crippen LogP contribution in [0.5, 0.6) is 5.75 Å². The molecule has 1 aliphatic heterocycles. The number of sulfonamides is 1. The zero-order valence-corrected chi connectivity index (χ0v) is 18.4. The number of ketones is 1. The van der Waals surface area contributed by atoms with Gasteiger partial charge in [-0.15, -0.1) is 0 Å². The Morgan fingerprint density at radius 1 is 1.10 bits per heavy atom. The molecule has 0 bridgehead atoms. The van der Waals surface area contributed by atoms with E-state index < -0.39 is 21.5 Å². The summed E-state index contributed by atoms with van der Waals surface area (Å²) in [4.78, 5) is 25.2. The number of nitrogens with zero attached hydrogens (tertiary/aromatic N) is 1. The van der Waals surface area contributed by atoms with Gasteiger partial charge in [-0.25, -0.2) is 8.42 Å². The molecule has 0 aliphatic carbocycles. The molecule has 0 aromatic heterocycles. The molecule has 1 heterocycles. The molecule has 1 N–H and O–H groups in total. The number of hydrogen-bond acceptors (Lipinski definition) is 5. The number of Topliss-reactive ketones (excluding diaryl/α,β-unsaturated/α-hetero) is 1. The summed E-state index contributed by atoms with van der Waals surface area (Å²) >= 11 is 0. The molecule has 30 heavy (non-hydrogen) atoms. The van der Waals surface area contributed by atoms with Gasteiger partial charge in [0.2, 0.25) is 10.0 Å². The minimum absolute atomic E-state index is 0.0677. The van der Waals surface area contributed by atoms with Crippen LogP contribution in [0.15, 0.2) is 47.4 Å². The predicted molar refractivity (Wildman–Crippen MR) is 115 cm³/mol. The zero-order chi connectivity index (χ0) is 22.1. The Balaban J connectivity index is 1.77. The summed E-state index contributed by atoms with van der Waals surface area (Å²) in [5, 5.41) is 2.73. The number of carbonyl (C=O) groups is 2. The summed E-state index contributed by atoms with van der Waals surface area (Å²) in [5.74, 6) is 0.00964. The monoisotopic (exact) mass is 430 g/mol. The van der Waals surface area contributed by atoms with Crippen LogP contribution < -0.4 is 10.1 Å². The van der Waals surface area contributed by atoms with Crippen LogP contribution in [0.4, 0.5) is 5.69 Å². The van der Waals surface area contributed by atoms with E-state index in [-0.39, 0.29) is 17.1 Å². The second-order valence-electron chi connectivity index (χ2n) is 7.74. The number of amides is 1. The summed E-state index contributed by atoms with van der Waals surface area (Å²) in [6.45, 7) is 8.03. The van der Waals surface area contributed by atoms with E-state index in [9.17, 15) is 18.0 Å². The largest absolute Gasteiger partial charge is 0.487 e. The van der Waals surface area contributed by atoms with Crippen molar-refractivity contribution in [1.29, 1.82) is 0 Å². The van der Waals surface area contributed by atoms with E-state index in [1.165, 1.54) is 22.5 Å². The summed E-state index contributed by atoms with van der Waals surface area (Å²) < 4.78 is 32.3. The maximum Gasteiger partial charge on any atom is 0.255 e. The van der Waals surface area contributed by atoms with Gasteiger partial charge in [0, 0.05) is 24.3 Å². The van der Waals surface area contributed by atoms with Crippen molar-refractivity contribution < 1.29 is 22.7 Å². The van der Waals surface area contributed by atoms with E-state index in [2.05, 4.69) is 5.32 Å². The number of ether oxygens (including phenoxy) is 1. The van der Waals surface area contributed by atoms with Gasteiger partial charge >= 0.3 is 0 Å². The van der Waals surface area contributed by atoms with Crippen molar-refractivity contribution in [3.63, 3.8) is 0 Å². The van der Waals surface area contributed by atoms with E-state index in [1.807, 2.05) is 13.8 Å². The Morgan fingerprint density at radius 3 is 2.33 bits per heavy atom. The number of carbonyl (C=O) groups excluding carboxylic acids is 2. The second kappa shape index (κ2) is 8.20. The van der Waals surface area contributed by atoms with Gasteiger partial charge in [0.1, 0.15) is 11.4 Å². The average molecular weight is 431 g/mol. The standard InChI is InChI=1S/C22H26N2O5S/c1-5-24(6-2)30(27,28)17-10-8-16(9-11-17)23-21(26)15-7-12-20-18(13-15)19(25)14-22(3,4)29-20/h7-13H,5-6,14H2,1-4H3,(H,23,26). The smallest absolute Gasteiger partial charge is 0.255 e. The topological polar surface area (TPSA) is 92.8 Å². The molecule has 0 saturated carbocycles. The predicted octanol–water partition coefficient (Wildman–Crippen LogP) is 3.71. The van der Waals surface area contributed by atoms with Crippen LogP contribution in [0, 0.1) is 0 Å². The molecule has 160 valence electrons. The van der Waals surface area contributed by atoms with Crippen molar-refractivity contribution in [2.75, 3.05) is 18.4 Å². The molecule has 0 unspecified atom stereocenters. The van der Waals surface area contributed by atoms with E-state index >= 15 is 0 Å². The van der Waals surface area contributed by atoms with Gasteiger partial charge in [0.25, 0.3) is 5.91 Å². The lowest BCUT2D eigenvalue weighted by Gasteiger charge is -2.31. The maximum atomic E-state index is 12.6. The molecule has 1 amide bonds. The molecular weight excluding hydrogens is 404 g/mol. The van der Waals surface area contributed by atoms with Crippen molar-refractivity contribution in [2.24, 2.45) is 0 Å². The number of hydrogen-bond donors (Lipinski definition) is 1. The highest BCUT2D eigenvalue weighted by Crippen LogP contribution is 2.33. The van der Waals surface area contributed by atoms with Crippen LogP contribution in [0.25, 0.3) is 0 Å². The second-order valence-corrected chi connectivity index (χ2v) is 9.68. The van der Waals surface area contributed by atoms with Crippen LogP contribution in [0.3, 0.4) is 0 Å². The fourth-order valence-electron chi connectivity index (χ4n) is 3.42. The third-order valence-electron chi connectivity index (χ3n) is 4.97. The van der Waals surface area contributed by atoms with Gasteiger partial charge in [-0.3, -0.25) is 9.59 Å². The lowest BCUT2D eigenvalue weighted by Crippen LogP contribution is -2.36. The Morgan fingerprint density at radius 2 is 1.73 bits per heavy atom. The third-order valence-corrected chi connectivity index (χ3v) is 7.03. The van der Waals surface area contributed by atoms with Gasteiger partial charge in [-0.05, 0) is 56.3 Å². The highest BCUT2D eigenvalue weighted by Gasteiger charge is 2.32. The number of fused-ring (bicyclic) bond motifs is 1. The molecule has 2 aromatic rings. The SMILES string of the molecule is CCN(CC)S(=O)(=O)c1ccc(NC(=O)c2ccc3c(c2)C(=O)CC(C)(C)O3)cc1. The quantitative estimate of drug-likeness (QED) is 0.754. The molecule has 0 saturated heterocycles. The van der Waals surface area contributed by atoms with Crippen molar-refractivity contribution >= 4 is 27.4 Å². The van der Waals surface area contributed by atoms with Crippen molar-refractivity contribution in [1.82, 2.24) is 4.31 Å². The first-order chi connectivity index (χ1) is 14.1. The van der Waals surface area contributed by atoms with E-state index in [1.54, 1.807) is 38.1 Å². The van der Waals surface area contributed by atoms with Crippen molar-refractivity contribution in [2.45, 2.75) is 44.6 Å². The lowest BCUT2D eigenvalue weighted by molar-refractivity contribution is 0.0620. The molecular formula is C22H26N2O5S. The van der Waals surface area contributed by atoms with Gasteiger partial charge in [-0.1, -0.05) is 13.8 Å². The number of anilines is 1. The zero-order valence-electron chi connectivity index (χ0n) is 17.6. The minimum atomic E-state index is -3.56. The summed E-state index contributed by atoms with van der Waals surface area (Å²) in [7, 11) is -3.56. The molecule has 0 fully saturated rings. The molecule has 2 aromatic carbocycles. The van der Waals surface area contributed by atoms with Crippen LogP contribution >= 0.6 is 0 Å². The van der Waals surface area contributed by atoms with Crippen LogP contribution in [0.2, 0.25) is 0 Å². The molecule has 0 radical (unpaired) electrons. The van der Waals surface area contributed by atoms with Gasteiger partial charge in [0.15, 0.2) is 5.78 Å². The number of nitrogens with one attached hydrogen (secondary N) is 1. The van der Waals surface area contributed by atoms with Crippen molar-refractivity contribution in [3.05, 3.63) is 53.6 Å². The Kier molecular flexibility index (Phi) is 6.01. The Bertz CT molecular complexity index is 1070. The normalized spacial score (nSPS) is 15.4. The van der Waals surface area contributed by atoms with E-state index in [0.29, 0.717) is 35.7 Å². The fraction of sp³-hybridized carbons (Fsp3) is 0.364. The molecule has 0 atom stereocenters. The van der Waals surface area contributed by atoms with Gasteiger partial charge < -0.3 is 10.1 Å². The first-order valence-corrected chi connectivity index (χ1v) is 11.3. The molecule has 0 spiro atoms. The maximum absolute atomic E-state index is 12.6. The van der Waals surface area contributed by atoms with Gasteiger partial charge in [-0.2, -0.15) is 4.31 Å². The lowest BCUT2D eigenvalue weighted by atomic mass is 9.92. The number of benzene rings is 2. The molecule has 8 heteroatoms. The highest BCUT2D eigenvalue weighted by atomic mass is 32.2. The first-order valence-electron chi connectivity index (χ1n) is 9.85. The number of rotatable bonds is 6. The van der Waals surface area contributed by atoms with Crippen LogP contribution in [0.1, 0.15) is 54.8 Å². The highest BCUT2D eigenvalue weighted by molar-refractivity contribution is 7.89. The first kappa shape index (κ1) is 22.0. The minimum Gasteiger partial charge on any atom is -0.487 e. The fourth-order valence-corrected chi connectivity index (χ4v) is 4.88. The summed E-state index contributed by atoms with van der Waals surface area (Å²) in [5.41, 5.74) is 0.606. The van der Waals surface area contributed by atoms with Gasteiger partial charge in [0.05, 0.1) is 16.9 Å². The van der Waals surface area contributed by atoms with E-state index in [0.717, 1.165) is 0 Å². The average Bonchev–Trinajstić information content (AvgIpc) is 2.68. The molecule has 3 rings (SSSR count). The van der Waals surface area contributed by atoms with Crippen LogP contribution in [-0.2, 0) is 10.0 Å². The van der Waals surface area contributed by atoms with Crippen LogP contribution in [-0.4, -0.2) is 43.1 Å². The Hall–Kier alpha value is -2.71. The summed E-state index contributed by atoms with van der Waals surface area (Å²) in [6, 6.07) is 10.8. The summed E-state index contributed by atoms with van der Waals surface area (Å²) in [6.07, 6.45) is 0.244. The molecule has 7 nitrogen and oxygen atoms in total. The van der Waals surface area contributed by atoms with Crippen molar-refractivity contribution in [3.8, 4) is 5.75 Å². The van der Waals surface area contributed by atoms with E-state index in [4.69, 9.17) is 4.74 Å². The third kappa shape index (κ3) is 4.39. The molecule has 1 aliphatic rings.